The summed E-state index contributed by atoms with van der Waals surface area (Å²) in [5.74, 6) is 4.41. The van der Waals surface area contributed by atoms with Crippen LogP contribution in [0.5, 0.6) is 0 Å². The number of carbonyl (C=O) groups is 1. The van der Waals surface area contributed by atoms with Crippen LogP contribution in [0.3, 0.4) is 0 Å². The largest absolute Gasteiger partial charge is 0.325 e. The van der Waals surface area contributed by atoms with Crippen LogP contribution in [-0.2, 0) is 11.3 Å². The monoisotopic (exact) mass is 168 g/mol. The molecule has 0 aromatic carbocycles. The van der Waals surface area contributed by atoms with Gasteiger partial charge in [-0.2, -0.15) is 0 Å². The minimum atomic E-state index is 0.403. The lowest BCUT2D eigenvalue weighted by atomic mass is 10.4. The van der Waals surface area contributed by atoms with E-state index in [9.17, 15) is 0 Å². The number of hydrogen-bond acceptors (Lipinski definition) is 4. The predicted octanol–water partition coefficient (Wildman–Crippen LogP) is -0.854. The van der Waals surface area contributed by atoms with Crippen molar-refractivity contribution < 1.29 is 4.79 Å². The Balaban J connectivity index is 0.000000261. The Labute approximate surface area is 70.7 Å². The molecule has 1 rings (SSSR count). The smallest absolute Gasteiger partial charge is 0.221 e. The molecule has 0 aliphatic rings. The highest BCUT2D eigenvalue weighted by Crippen LogP contribution is 1.88. The molecule has 0 saturated carbocycles. The molecule has 0 unspecified atom stereocenters. The molecule has 0 saturated heterocycles. The number of nitrogens with two attached hydrogens (primary N) is 2. The van der Waals surface area contributed by atoms with Crippen LogP contribution in [-0.4, -0.2) is 11.4 Å². The molecule has 12 heavy (non-hydrogen) atoms. The Morgan fingerprint density at radius 2 is 2.25 bits per heavy atom. The number of nitrogens with one attached hydrogen (secondary N) is 1. The van der Waals surface area contributed by atoms with Crippen molar-refractivity contribution >= 4 is 6.41 Å². The number of carbonyl (C=O) groups excluding carboxylic acids is 1. The third-order valence-corrected chi connectivity index (χ3v) is 1.00. The number of rotatable bonds is 2. The predicted molar refractivity (Wildman–Crippen MR) is 45.5 cm³/mol. The van der Waals surface area contributed by atoms with Gasteiger partial charge in [-0.15, -0.1) is 0 Å². The minimum absolute atomic E-state index is 0.403. The summed E-state index contributed by atoms with van der Waals surface area (Å²) >= 11 is 0. The van der Waals surface area contributed by atoms with E-state index in [1.807, 2.05) is 18.2 Å². The van der Waals surface area contributed by atoms with E-state index in [-0.39, 0.29) is 0 Å². The third-order valence-electron chi connectivity index (χ3n) is 1.00. The van der Waals surface area contributed by atoms with Crippen LogP contribution in [0.1, 0.15) is 5.69 Å². The van der Waals surface area contributed by atoms with E-state index in [1.54, 1.807) is 11.6 Å². The van der Waals surface area contributed by atoms with Gasteiger partial charge in [0.25, 0.3) is 0 Å². The molecule has 1 heterocycles. The first-order valence-electron chi connectivity index (χ1n) is 3.35. The van der Waals surface area contributed by atoms with Crippen LogP contribution in [0.2, 0.25) is 0 Å². The van der Waals surface area contributed by atoms with Crippen molar-refractivity contribution in [3.8, 4) is 0 Å². The molecule has 0 aliphatic carbocycles. The molecule has 66 valence electrons. The summed E-state index contributed by atoms with van der Waals surface area (Å²) < 4.78 is 0. The second-order valence-corrected chi connectivity index (χ2v) is 1.81. The van der Waals surface area contributed by atoms with Crippen molar-refractivity contribution in [1.29, 1.82) is 0 Å². The molecule has 1 aromatic rings. The van der Waals surface area contributed by atoms with Gasteiger partial charge in [-0.25, -0.2) is 5.84 Å². The summed E-state index contributed by atoms with van der Waals surface area (Å²) in [6, 6.07) is 5.70. The fourth-order valence-corrected chi connectivity index (χ4v) is 0.519. The molecule has 0 radical (unpaired) electrons. The number of hydrazine groups is 1. The minimum Gasteiger partial charge on any atom is -0.325 e. The quantitative estimate of drug-likeness (QED) is 0.232. The molecular formula is C7H12N4O. The molecule has 1 aromatic heterocycles. The maximum absolute atomic E-state index is 8.94. The van der Waals surface area contributed by atoms with Crippen LogP contribution in [0.4, 0.5) is 0 Å². The SMILES string of the molecule is NCc1ccccn1.NNC=O. The Morgan fingerprint density at radius 1 is 1.58 bits per heavy atom. The standard InChI is InChI=1S/C6H8N2.CH4N2O/c7-5-6-3-1-2-4-8-6;2-3-1-4/h1-4H,5,7H2;1H,2H2,(H,3,4). The zero-order valence-corrected chi connectivity index (χ0v) is 6.60. The molecule has 0 aliphatic heterocycles. The third kappa shape index (κ3) is 5.33. The first kappa shape index (κ1) is 10.5. The average Bonchev–Trinajstić information content (AvgIpc) is 2.19. The molecule has 0 bridgehead atoms. The van der Waals surface area contributed by atoms with Gasteiger partial charge in [0.1, 0.15) is 0 Å². The van der Waals surface area contributed by atoms with Gasteiger partial charge in [-0.3, -0.25) is 15.2 Å². The molecular weight excluding hydrogens is 156 g/mol. The number of pyridine rings is 1. The van der Waals surface area contributed by atoms with Crippen molar-refractivity contribution in [2.45, 2.75) is 6.54 Å². The number of nitrogens with zero attached hydrogens (tertiary/aromatic N) is 1. The van der Waals surface area contributed by atoms with Gasteiger partial charge >= 0.3 is 0 Å². The Hall–Kier alpha value is -1.46. The summed E-state index contributed by atoms with van der Waals surface area (Å²) in [4.78, 5) is 12.9. The zero-order chi connectivity index (χ0) is 9.23. The summed E-state index contributed by atoms with van der Waals surface area (Å²) in [7, 11) is 0. The van der Waals surface area contributed by atoms with E-state index in [1.165, 1.54) is 0 Å². The Morgan fingerprint density at radius 3 is 2.50 bits per heavy atom. The molecule has 5 heteroatoms. The van der Waals surface area contributed by atoms with Crippen molar-refractivity contribution in [3.63, 3.8) is 0 Å². The molecule has 0 atom stereocenters. The fourth-order valence-electron chi connectivity index (χ4n) is 0.519. The Bertz CT molecular complexity index is 202. The fraction of sp³-hybridized carbons (Fsp3) is 0.143. The van der Waals surface area contributed by atoms with Crippen LogP contribution >= 0.6 is 0 Å². The van der Waals surface area contributed by atoms with Crippen molar-refractivity contribution in [2.75, 3.05) is 0 Å². The summed E-state index contributed by atoms with van der Waals surface area (Å²) in [6.07, 6.45) is 2.14. The maximum atomic E-state index is 8.94. The van der Waals surface area contributed by atoms with E-state index in [0.717, 1.165) is 5.69 Å². The first-order chi connectivity index (χ1) is 5.85. The molecule has 0 fully saturated rings. The van der Waals surface area contributed by atoms with E-state index >= 15 is 0 Å². The summed E-state index contributed by atoms with van der Waals surface area (Å²) in [5, 5.41) is 0. The highest BCUT2D eigenvalue weighted by Gasteiger charge is 1.81. The number of hydrogen-bond donors (Lipinski definition) is 3. The van der Waals surface area contributed by atoms with Crippen molar-refractivity contribution in [3.05, 3.63) is 30.1 Å². The number of aromatic nitrogens is 1. The highest BCUT2D eigenvalue weighted by molar-refractivity contribution is 5.44. The van der Waals surface area contributed by atoms with Crippen LogP contribution in [0, 0.1) is 0 Å². The molecule has 5 nitrogen and oxygen atoms in total. The highest BCUT2D eigenvalue weighted by atomic mass is 16.1. The summed E-state index contributed by atoms with van der Waals surface area (Å²) in [5.41, 5.74) is 7.97. The second-order valence-electron chi connectivity index (χ2n) is 1.81. The van der Waals surface area contributed by atoms with E-state index < -0.39 is 0 Å². The first-order valence-corrected chi connectivity index (χ1v) is 3.35. The lowest BCUT2D eigenvalue weighted by Crippen LogP contribution is -2.18. The topological polar surface area (TPSA) is 94.0 Å². The summed E-state index contributed by atoms with van der Waals surface area (Å²) in [6.45, 7) is 0.529. The lowest BCUT2D eigenvalue weighted by Gasteiger charge is -1.89. The van der Waals surface area contributed by atoms with Crippen LogP contribution < -0.4 is 17.0 Å². The molecule has 1 amide bonds. The normalized spacial score (nSPS) is 7.83. The Kier molecular flexibility index (Phi) is 6.71. The van der Waals surface area contributed by atoms with Gasteiger partial charge in [0.05, 0.1) is 5.69 Å². The maximum Gasteiger partial charge on any atom is 0.221 e. The van der Waals surface area contributed by atoms with Gasteiger partial charge in [0, 0.05) is 12.7 Å². The van der Waals surface area contributed by atoms with Gasteiger partial charge in [-0.05, 0) is 12.1 Å². The molecule has 5 N–H and O–H groups in total. The van der Waals surface area contributed by atoms with Gasteiger partial charge in [-0.1, -0.05) is 6.07 Å². The van der Waals surface area contributed by atoms with E-state index in [2.05, 4.69) is 10.8 Å². The van der Waals surface area contributed by atoms with E-state index in [4.69, 9.17) is 10.5 Å². The van der Waals surface area contributed by atoms with E-state index in [0.29, 0.717) is 13.0 Å². The van der Waals surface area contributed by atoms with Gasteiger partial charge < -0.3 is 5.73 Å². The van der Waals surface area contributed by atoms with Crippen molar-refractivity contribution in [1.82, 2.24) is 10.4 Å². The van der Waals surface area contributed by atoms with Crippen LogP contribution in [0.25, 0.3) is 0 Å². The van der Waals surface area contributed by atoms with Crippen molar-refractivity contribution in [2.24, 2.45) is 11.6 Å². The second kappa shape index (κ2) is 7.64. The van der Waals surface area contributed by atoms with Gasteiger partial charge in [0.2, 0.25) is 6.41 Å². The van der Waals surface area contributed by atoms with Crippen LogP contribution in [0.15, 0.2) is 24.4 Å². The average molecular weight is 168 g/mol. The zero-order valence-electron chi connectivity index (χ0n) is 6.60. The lowest BCUT2D eigenvalue weighted by molar-refractivity contribution is -0.109. The molecule has 0 spiro atoms. The van der Waals surface area contributed by atoms with Gasteiger partial charge in [0.15, 0.2) is 0 Å². The number of amides is 1.